The molecule has 14 heavy (non-hydrogen) atoms. The first-order valence-electron chi connectivity index (χ1n) is 3.77. The van der Waals surface area contributed by atoms with Crippen LogP contribution < -0.4 is 4.74 Å². The van der Waals surface area contributed by atoms with E-state index in [2.05, 4.69) is 4.74 Å². The number of hydrogen-bond donors (Lipinski definition) is 0. The summed E-state index contributed by atoms with van der Waals surface area (Å²) in [5.74, 6) is -1.47. The average Bonchev–Trinajstić information content (AvgIpc) is 2.07. The summed E-state index contributed by atoms with van der Waals surface area (Å²) in [6.45, 7) is 1.19. The Morgan fingerprint density at radius 2 is 2.14 bits per heavy atom. The minimum Gasteiger partial charge on any atom is -0.424 e. The van der Waals surface area contributed by atoms with Crippen molar-refractivity contribution in [2.24, 2.45) is 0 Å². The SMILES string of the molecule is CC(=O)Oc1cccc(C(Cl)Cl)c1F. The lowest BCUT2D eigenvalue weighted by Gasteiger charge is -2.07. The molecule has 0 aliphatic rings. The summed E-state index contributed by atoms with van der Waals surface area (Å²) >= 11 is 11.0. The van der Waals surface area contributed by atoms with Crippen molar-refractivity contribution in [3.05, 3.63) is 29.6 Å². The van der Waals surface area contributed by atoms with Gasteiger partial charge in [-0.2, -0.15) is 0 Å². The van der Waals surface area contributed by atoms with Crippen molar-refractivity contribution >= 4 is 29.2 Å². The number of halogens is 3. The largest absolute Gasteiger partial charge is 0.424 e. The minimum absolute atomic E-state index is 0.0899. The van der Waals surface area contributed by atoms with Gasteiger partial charge in [0.25, 0.3) is 0 Å². The molecule has 1 aromatic carbocycles. The van der Waals surface area contributed by atoms with Gasteiger partial charge in [-0.1, -0.05) is 35.3 Å². The van der Waals surface area contributed by atoms with Crippen LogP contribution in [0, 0.1) is 5.82 Å². The summed E-state index contributed by atoms with van der Waals surface area (Å²) in [6, 6.07) is 4.26. The maximum Gasteiger partial charge on any atom is 0.308 e. The van der Waals surface area contributed by atoms with E-state index in [0.29, 0.717) is 0 Å². The molecule has 2 nitrogen and oxygen atoms in total. The molecule has 0 aromatic heterocycles. The molecule has 0 bridgehead atoms. The van der Waals surface area contributed by atoms with Crippen molar-refractivity contribution in [3.63, 3.8) is 0 Å². The van der Waals surface area contributed by atoms with Crippen LogP contribution in [0.25, 0.3) is 0 Å². The maximum atomic E-state index is 13.4. The molecule has 0 N–H and O–H groups in total. The van der Waals surface area contributed by atoms with Gasteiger partial charge in [0.15, 0.2) is 11.6 Å². The molecular formula is C9H7Cl2FO2. The molecule has 0 heterocycles. The van der Waals surface area contributed by atoms with E-state index in [1.54, 1.807) is 0 Å². The van der Waals surface area contributed by atoms with E-state index in [9.17, 15) is 9.18 Å². The van der Waals surface area contributed by atoms with Gasteiger partial charge in [-0.15, -0.1) is 0 Å². The third-order valence-electron chi connectivity index (χ3n) is 1.48. The molecule has 0 amide bonds. The van der Waals surface area contributed by atoms with Gasteiger partial charge in [0, 0.05) is 12.5 Å². The number of rotatable bonds is 2. The Bertz CT molecular complexity index is 353. The molecular weight excluding hydrogens is 230 g/mol. The monoisotopic (exact) mass is 236 g/mol. The molecule has 76 valence electrons. The Morgan fingerprint density at radius 3 is 2.64 bits per heavy atom. The van der Waals surface area contributed by atoms with Crippen LogP contribution in [0.1, 0.15) is 17.3 Å². The van der Waals surface area contributed by atoms with Crippen molar-refractivity contribution in [1.29, 1.82) is 0 Å². The lowest BCUT2D eigenvalue weighted by molar-refractivity contribution is -0.132. The highest BCUT2D eigenvalue weighted by Gasteiger charge is 2.15. The normalized spacial score (nSPS) is 10.4. The van der Waals surface area contributed by atoms with E-state index in [1.807, 2.05) is 0 Å². The molecule has 5 heteroatoms. The predicted octanol–water partition coefficient (Wildman–Crippen LogP) is 3.23. The Morgan fingerprint density at radius 1 is 1.50 bits per heavy atom. The van der Waals surface area contributed by atoms with Crippen LogP contribution in [0.4, 0.5) is 4.39 Å². The Kier molecular flexibility index (Phi) is 3.72. The standard InChI is InChI=1S/C9H7Cl2FO2/c1-5(13)14-7-4-2-3-6(8(7)12)9(10)11/h2-4,9H,1H3. The van der Waals surface area contributed by atoms with E-state index in [1.165, 1.54) is 25.1 Å². The highest BCUT2D eigenvalue weighted by molar-refractivity contribution is 6.44. The van der Waals surface area contributed by atoms with Gasteiger partial charge < -0.3 is 4.74 Å². The third kappa shape index (κ3) is 2.59. The summed E-state index contributed by atoms with van der Waals surface area (Å²) < 4.78 is 18.0. The van der Waals surface area contributed by atoms with Crippen LogP contribution in [-0.4, -0.2) is 5.97 Å². The van der Waals surface area contributed by atoms with Gasteiger partial charge in [-0.3, -0.25) is 4.79 Å². The summed E-state index contributed by atoms with van der Waals surface area (Å²) in [7, 11) is 0. The molecule has 0 saturated carbocycles. The number of hydrogen-bond acceptors (Lipinski definition) is 2. The summed E-state index contributed by atoms with van der Waals surface area (Å²) in [6.07, 6.45) is 0. The van der Waals surface area contributed by atoms with Crippen molar-refractivity contribution < 1.29 is 13.9 Å². The van der Waals surface area contributed by atoms with Crippen molar-refractivity contribution in [1.82, 2.24) is 0 Å². The van der Waals surface area contributed by atoms with Crippen molar-refractivity contribution in [2.75, 3.05) is 0 Å². The van der Waals surface area contributed by atoms with Crippen LogP contribution in [0.3, 0.4) is 0 Å². The zero-order valence-corrected chi connectivity index (χ0v) is 8.77. The fourth-order valence-electron chi connectivity index (χ4n) is 0.930. The molecule has 0 atom stereocenters. The molecule has 0 unspecified atom stereocenters. The minimum atomic E-state index is -0.981. The van der Waals surface area contributed by atoms with Crippen LogP contribution in [0.2, 0.25) is 0 Å². The van der Waals surface area contributed by atoms with Gasteiger partial charge in [0.05, 0.1) is 0 Å². The number of esters is 1. The Hall–Kier alpha value is -0.800. The maximum absolute atomic E-state index is 13.4. The highest BCUT2D eigenvalue weighted by atomic mass is 35.5. The van der Waals surface area contributed by atoms with Gasteiger partial charge in [-0.05, 0) is 6.07 Å². The summed E-state index contributed by atoms with van der Waals surface area (Å²) in [5, 5.41) is 0. The number of carbonyl (C=O) groups excluding carboxylic acids is 1. The van der Waals surface area contributed by atoms with E-state index in [4.69, 9.17) is 23.2 Å². The lowest BCUT2D eigenvalue weighted by atomic mass is 10.2. The van der Waals surface area contributed by atoms with E-state index in [0.717, 1.165) is 0 Å². The Labute approximate surface area is 90.6 Å². The first-order chi connectivity index (χ1) is 6.52. The number of benzene rings is 1. The molecule has 1 aromatic rings. The predicted molar refractivity (Wildman–Crippen MR) is 52.2 cm³/mol. The molecule has 0 aliphatic carbocycles. The quantitative estimate of drug-likeness (QED) is 0.448. The molecule has 0 fully saturated rings. The van der Waals surface area contributed by atoms with Crippen LogP contribution in [0.15, 0.2) is 18.2 Å². The molecule has 0 radical (unpaired) electrons. The van der Waals surface area contributed by atoms with Crippen LogP contribution in [-0.2, 0) is 4.79 Å². The molecule has 0 saturated heterocycles. The summed E-state index contributed by atoms with van der Waals surface area (Å²) in [5.41, 5.74) is 0.0899. The smallest absolute Gasteiger partial charge is 0.308 e. The zero-order chi connectivity index (χ0) is 10.7. The first kappa shape index (κ1) is 11.3. The molecule has 1 rings (SSSR count). The van der Waals surface area contributed by atoms with Gasteiger partial charge in [0.2, 0.25) is 0 Å². The Balaban J connectivity index is 3.07. The zero-order valence-electron chi connectivity index (χ0n) is 7.26. The van der Waals surface area contributed by atoms with E-state index in [-0.39, 0.29) is 11.3 Å². The number of alkyl halides is 2. The fraction of sp³-hybridized carbons (Fsp3) is 0.222. The topological polar surface area (TPSA) is 26.3 Å². The molecule has 0 aliphatic heterocycles. The fourth-order valence-corrected chi connectivity index (χ4v) is 1.27. The average molecular weight is 237 g/mol. The lowest BCUT2D eigenvalue weighted by Crippen LogP contribution is -2.04. The van der Waals surface area contributed by atoms with Gasteiger partial charge in [0.1, 0.15) is 4.84 Å². The van der Waals surface area contributed by atoms with Crippen LogP contribution >= 0.6 is 23.2 Å². The molecule has 0 spiro atoms. The second kappa shape index (κ2) is 4.62. The number of carbonyl (C=O) groups is 1. The van der Waals surface area contributed by atoms with Crippen molar-refractivity contribution in [2.45, 2.75) is 11.8 Å². The first-order valence-corrected chi connectivity index (χ1v) is 4.64. The van der Waals surface area contributed by atoms with Crippen molar-refractivity contribution in [3.8, 4) is 5.75 Å². The highest BCUT2D eigenvalue weighted by Crippen LogP contribution is 2.31. The van der Waals surface area contributed by atoms with Gasteiger partial charge >= 0.3 is 5.97 Å². The van der Waals surface area contributed by atoms with Crippen LogP contribution in [0.5, 0.6) is 5.75 Å². The van der Waals surface area contributed by atoms with E-state index >= 15 is 0 Å². The second-order valence-corrected chi connectivity index (χ2v) is 3.65. The third-order valence-corrected chi connectivity index (χ3v) is 1.95. The summed E-state index contributed by atoms with van der Waals surface area (Å²) in [4.78, 5) is 9.61. The van der Waals surface area contributed by atoms with E-state index < -0.39 is 16.6 Å². The number of ether oxygens (including phenoxy) is 1. The second-order valence-electron chi connectivity index (χ2n) is 2.55. The van der Waals surface area contributed by atoms with Gasteiger partial charge in [-0.25, -0.2) is 4.39 Å².